The number of nitrogen functional groups attached to an aromatic ring is 1. The van der Waals surface area contributed by atoms with Crippen molar-refractivity contribution in [2.24, 2.45) is 11.8 Å². The van der Waals surface area contributed by atoms with Crippen molar-refractivity contribution in [1.82, 2.24) is 15.2 Å². The van der Waals surface area contributed by atoms with Gasteiger partial charge in [-0.15, -0.1) is 0 Å². The standard InChI is InChI=1S/C29H38N4O/c1-20(29(34)31-18-21-9-5-4-6-10-21)15-25-17-24-16-22(13-14-27(24)32-28(25)30)26-12-8-7-11-23(26)19-33(2)3/h7-8,11-14,16-17,20-21H,4-6,9-10,15,18-19H2,1-3H3,(H2,30,32)(H,31,34). The Morgan fingerprint density at radius 2 is 1.85 bits per heavy atom. The molecule has 1 aliphatic rings. The number of carbonyl (C=O) groups excluding carboxylic acids is 1. The molecule has 0 aliphatic heterocycles. The minimum absolute atomic E-state index is 0.108. The molecule has 1 amide bonds. The number of nitrogens with zero attached hydrogens (tertiary/aromatic N) is 2. The number of aromatic nitrogens is 1. The van der Waals surface area contributed by atoms with Crippen LogP contribution in [0.5, 0.6) is 0 Å². The largest absolute Gasteiger partial charge is 0.383 e. The van der Waals surface area contributed by atoms with E-state index >= 15 is 0 Å². The zero-order valence-corrected chi connectivity index (χ0v) is 20.8. The van der Waals surface area contributed by atoms with Crippen LogP contribution in [0.15, 0.2) is 48.5 Å². The van der Waals surface area contributed by atoms with E-state index in [0.29, 0.717) is 18.2 Å². The van der Waals surface area contributed by atoms with Crippen molar-refractivity contribution >= 4 is 22.6 Å². The third-order valence-corrected chi connectivity index (χ3v) is 7.01. The molecule has 1 aliphatic carbocycles. The fraction of sp³-hybridized carbons (Fsp3) is 0.448. The monoisotopic (exact) mass is 458 g/mol. The Morgan fingerprint density at radius 1 is 1.09 bits per heavy atom. The molecule has 34 heavy (non-hydrogen) atoms. The summed E-state index contributed by atoms with van der Waals surface area (Å²) < 4.78 is 0. The van der Waals surface area contributed by atoms with Crippen molar-refractivity contribution in [2.75, 3.05) is 26.4 Å². The summed E-state index contributed by atoms with van der Waals surface area (Å²) in [6, 6.07) is 17.0. The number of rotatable bonds is 8. The fourth-order valence-electron chi connectivity index (χ4n) is 5.08. The molecule has 5 nitrogen and oxygen atoms in total. The van der Waals surface area contributed by atoms with Gasteiger partial charge in [0, 0.05) is 24.4 Å². The van der Waals surface area contributed by atoms with E-state index in [9.17, 15) is 4.79 Å². The lowest BCUT2D eigenvalue weighted by atomic mass is 9.89. The van der Waals surface area contributed by atoms with Gasteiger partial charge in [-0.1, -0.05) is 56.5 Å². The second-order valence-corrected chi connectivity index (χ2v) is 10.2. The number of fused-ring (bicyclic) bond motifs is 1. The van der Waals surface area contributed by atoms with Gasteiger partial charge in [-0.3, -0.25) is 4.79 Å². The lowest BCUT2D eigenvalue weighted by Crippen LogP contribution is -2.34. The van der Waals surface area contributed by atoms with Gasteiger partial charge >= 0.3 is 0 Å². The Hall–Kier alpha value is -2.92. The van der Waals surface area contributed by atoms with Gasteiger partial charge in [-0.05, 0) is 79.7 Å². The Morgan fingerprint density at radius 3 is 2.62 bits per heavy atom. The number of amides is 1. The Kier molecular flexibility index (Phi) is 7.84. The first-order chi connectivity index (χ1) is 16.4. The number of anilines is 1. The predicted molar refractivity (Wildman–Crippen MR) is 141 cm³/mol. The molecule has 2 aromatic carbocycles. The molecular formula is C29H38N4O. The Labute approximate surface area is 203 Å². The molecule has 1 heterocycles. The maximum absolute atomic E-state index is 12.8. The molecule has 0 saturated heterocycles. The summed E-state index contributed by atoms with van der Waals surface area (Å²) in [6.07, 6.45) is 6.96. The van der Waals surface area contributed by atoms with E-state index in [1.807, 2.05) is 13.0 Å². The van der Waals surface area contributed by atoms with Crippen LogP contribution in [0.4, 0.5) is 5.82 Å². The van der Waals surface area contributed by atoms with E-state index in [2.05, 4.69) is 71.8 Å². The van der Waals surface area contributed by atoms with Crippen LogP contribution < -0.4 is 11.1 Å². The maximum Gasteiger partial charge on any atom is 0.223 e. The molecule has 1 saturated carbocycles. The summed E-state index contributed by atoms with van der Waals surface area (Å²) in [5.74, 6) is 1.11. The molecular weight excluding hydrogens is 420 g/mol. The normalized spacial score (nSPS) is 15.5. The lowest BCUT2D eigenvalue weighted by Gasteiger charge is -2.22. The number of nitrogens with two attached hydrogens (primary N) is 1. The molecule has 0 spiro atoms. The third kappa shape index (κ3) is 5.95. The lowest BCUT2D eigenvalue weighted by molar-refractivity contribution is -0.124. The van der Waals surface area contributed by atoms with Gasteiger partial charge in [-0.2, -0.15) is 0 Å². The van der Waals surface area contributed by atoms with E-state index in [1.165, 1.54) is 48.8 Å². The topological polar surface area (TPSA) is 71.2 Å². The quantitative estimate of drug-likeness (QED) is 0.473. The molecule has 1 atom stereocenters. The van der Waals surface area contributed by atoms with E-state index in [1.54, 1.807) is 0 Å². The molecule has 0 radical (unpaired) electrons. The van der Waals surface area contributed by atoms with Crippen molar-refractivity contribution in [1.29, 1.82) is 0 Å². The summed E-state index contributed by atoms with van der Waals surface area (Å²) in [6.45, 7) is 3.66. The van der Waals surface area contributed by atoms with Gasteiger partial charge in [-0.25, -0.2) is 4.98 Å². The summed E-state index contributed by atoms with van der Waals surface area (Å²) in [7, 11) is 4.17. The number of carbonyl (C=O) groups is 1. The molecule has 3 N–H and O–H groups in total. The van der Waals surface area contributed by atoms with Crippen LogP contribution in [0.1, 0.15) is 50.2 Å². The van der Waals surface area contributed by atoms with Gasteiger partial charge < -0.3 is 16.0 Å². The Bertz CT molecular complexity index is 1130. The predicted octanol–water partition coefficient (Wildman–Crippen LogP) is 5.42. The minimum atomic E-state index is -0.144. The molecule has 1 fully saturated rings. The van der Waals surface area contributed by atoms with Crippen molar-refractivity contribution in [3.63, 3.8) is 0 Å². The van der Waals surface area contributed by atoms with E-state index in [4.69, 9.17) is 5.73 Å². The van der Waals surface area contributed by atoms with E-state index in [-0.39, 0.29) is 11.8 Å². The maximum atomic E-state index is 12.8. The van der Waals surface area contributed by atoms with Crippen LogP contribution in [0.3, 0.4) is 0 Å². The Balaban J connectivity index is 1.51. The number of pyridine rings is 1. The molecule has 0 bridgehead atoms. The van der Waals surface area contributed by atoms with Crippen molar-refractivity contribution in [2.45, 2.75) is 52.0 Å². The minimum Gasteiger partial charge on any atom is -0.383 e. The summed E-state index contributed by atoms with van der Waals surface area (Å²) in [5, 5.41) is 4.23. The fourth-order valence-corrected chi connectivity index (χ4v) is 5.08. The van der Waals surface area contributed by atoms with Gasteiger partial charge in [0.25, 0.3) is 0 Å². The first-order valence-corrected chi connectivity index (χ1v) is 12.6. The summed E-state index contributed by atoms with van der Waals surface area (Å²) in [5.41, 5.74) is 11.8. The van der Waals surface area contributed by atoms with Crippen molar-refractivity contribution in [3.05, 3.63) is 59.7 Å². The van der Waals surface area contributed by atoms with Crippen LogP contribution in [0.2, 0.25) is 0 Å². The van der Waals surface area contributed by atoms with Gasteiger partial charge in [0.1, 0.15) is 5.82 Å². The third-order valence-electron chi connectivity index (χ3n) is 7.01. The zero-order valence-electron chi connectivity index (χ0n) is 20.8. The van der Waals surface area contributed by atoms with Gasteiger partial charge in [0.05, 0.1) is 5.52 Å². The second kappa shape index (κ2) is 11.0. The zero-order chi connectivity index (χ0) is 24.1. The van der Waals surface area contributed by atoms with E-state index < -0.39 is 0 Å². The first kappa shape index (κ1) is 24.2. The highest BCUT2D eigenvalue weighted by Gasteiger charge is 2.19. The van der Waals surface area contributed by atoms with E-state index in [0.717, 1.165) is 29.6 Å². The molecule has 1 aromatic heterocycles. The van der Waals surface area contributed by atoms with Crippen LogP contribution in [-0.4, -0.2) is 36.4 Å². The molecule has 1 unspecified atom stereocenters. The molecule has 3 aromatic rings. The van der Waals surface area contributed by atoms with Crippen molar-refractivity contribution in [3.8, 4) is 11.1 Å². The number of hydrogen-bond donors (Lipinski definition) is 2. The van der Waals surface area contributed by atoms with Gasteiger partial charge in [0.15, 0.2) is 0 Å². The van der Waals surface area contributed by atoms with Gasteiger partial charge in [0.2, 0.25) is 5.91 Å². The smallest absolute Gasteiger partial charge is 0.223 e. The molecule has 4 rings (SSSR count). The van der Waals surface area contributed by atoms with Crippen molar-refractivity contribution < 1.29 is 4.79 Å². The highest BCUT2D eigenvalue weighted by Crippen LogP contribution is 2.29. The number of nitrogens with one attached hydrogen (secondary N) is 1. The van der Waals surface area contributed by atoms with Crippen LogP contribution in [-0.2, 0) is 17.8 Å². The highest BCUT2D eigenvalue weighted by atomic mass is 16.1. The molecule has 5 heteroatoms. The van der Waals surface area contributed by atoms with Crippen LogP contribution in [0, 0.1) is 11.8 Å². The van der Waals surface area contributed by atoms with Crippen LogP contribution >= 0.6 is 0 Å². The second-order valence-electron chi connectivity index (χ2n) is 10.2. The summed E-state index contributed by atoms with van der Waals surface area (Å²) in [4.78, 5) is 19.6. The summed E-state index contributed by atoms with van der Waals surface area (Å²) >= 11 is 0. The van der Waals surface area contributed by atoms with Crippen LogP contribution in [0.25, 0.3) is 22.0 Å². The average Bonchev–Trinajstić information content (AvgIpc) is 2.83. The highest BCUT2D eigenvalue weighted by molar-refractivity contribution is 5.87. The number of hydrogen-bond acceptors (Lipinski definition) is 4. The average molecular weight is 459 g/mol. The SMILES string of the molecule is CC(Cc1cc2cc(-c3ccccc3CN(C)C)ccc2nc1N)C(=O)NCC1CCCCC1. The number of benzene rings is 2. The first-order valence-electron chi connectivity index (χ1n) is 12.6. The molecule has 180 valence electrons.